The largest absolute Gasteiger partial charge is 0.496 e. The Morgan fingerprint density at radius 3 is 2.67 bits per heavy atom. The second kappa shape index (κ2) is 6.42. The number of fused-ring (bicyclic) bond motifs is 1. The van der Waals surface area contributed by atoms with Crippen LogP contribution in [0.15, 0.2) is 35.1 Å². The highest BCUT2D eigenvalue weighted by Gasteiger charge is 2.18. The first-order valence-electron chi connectivity index (χ1n) is 8.85. The third-order valence-electron chi connectivity index (χ3n) is 4.94. The van der Waals surface area contributed by atoms with E-state index in [1.54, 1.807) is 7.11 Å². The second-order valence-corrected chi connectivity index (χ2v) is 6.48. The molecule has 27 heavy (non-hydrogen) atoms. The highest BCUT2D eigenvalue weighted by molar-refractivity contribution is 5.75. The highest BCUT2D eigenvalue weighted by Crippen LogP contribution is 2.32. The van der Waals surface area contributed by atoms with Gasteiger partial charge in [-0.1, -0.05) is 19.1 Å². The summed E-state index contributed by atoms with van der Waals surface area (Å²) in [5.41, 5.74) is 6.32. The Labute approximate surface area is 156 Å². The zero-order valence-corrected chi connectivity index (χ0v) is 15.8. The molecule has 0 aliphatic heterocycles. The molecule has 1 aromatic carbocycles. The number of ether oxygens (including phenoxy) is 1. The van der Waals surface area contributed by atoms with Crippen molar-refractivity contribution in [2.24, 2.45) is 0 Å². The van der Waals surface area contributed by atoms with Crippen molar-refractivity contribution >= 4 is 5.65 Å². The summed E-state index contributed by atoms with van der Waals surface area (Å²) in [6.07, 6.45) is 0.848. The molecule has 2 N–H and O–H groups in total. The van der Waals surface area contributed by atoms with Gasteiger partial charge in [-0.05, 0) is 38.0 Å². The van der Waals surface area contributed by atoms with E-state index in [0.717, 1.165) is 40.2 Å². The van der Waals surface area contributed by atoms with E-state index in [1.165, 1.54) is 10.6 Å². The number of aryl methyl sites for hydroxylation is 2. The zero-order valence-electron chi connectivity index (χ0n) is 15.8. The van der Waals surface area contributed by atoms with Gasteiger partial charge in [-0.25, -0.2) is 9.50 Å². The summed E-state index contributed by atoms with van der Waals surface area (Å²) in [7, 11) is 1.63. The van der Waals surface area contributed by atoms with Gasteiger partial charge in [0.25, 0.3) is 5.56 Å². The van der Waals surface area contributed by atoms with E-state index in [1.807, 2.05) is 38.1 Å². The Balaban J connectivity index is 1.95. The van der Waals surface area contributed by atoms with Gasteiger partial charge >= 0.3 is 0 Å². The molecular weight excluding hydrogens is 342 g/mol. The van der Waals surface area contributed by atoms with Crippen molar-refractivity contribution in [3.63, 3.8) is 0 Å². The lowest BCUT2D eigenvalue weighted by molar-refractivity contribution is 0.416. The number of rotatable bonds is 4. The standard InChI is InChI=1S/C20H21N5O2/c1-5-14-11(2)19(23-22-14)15-10-17(26)25-20(21-15)12(3)18(24-25)13-8-6-7-9-16(13)27-4/h6-10,24H,5H2,1-4H3,(H,22,23). The lowest BCUT2D eigenvalue weighted by Crippen LogP contribution is -2.14. The van der Waals surface area contributed by atoms with Crippen LogP contribution in [0.2, 0.25) is 0 Å². The molecule has 0 radical (unpaired) electrons. The first-order chi connectivity index (χ1) is 13.0. The Kier molecular flexibility index (Phi) is 4.07. The number of nitrogens with zero attached hydrogens (tertiary/aromatic N) is 3. The average Bonchev–Trinajstić information content (AvgIpc) is 3.22. The van der Waals surface area contributed by atoms with Crippen LogP contribution in [0.4, 0.5) is 0 Å². The van der Waals surface area contributed by atoms with Crippen LogP contribution in [-0.4, -0.2) is 31.9 Å². The van der Waals surface area contributed by atoms with Gasteiger partial charge < -0.3 is 4.74 Å². The summed E-state index contributed by atoms with van der Waals surface area (Å²) >= 11 is 0. The van der Waals surface area contributed by atoms with Crippen LogP contribution in [0, 0.1) is 13.8 Å². The number of hydrogen-bond donors (Lipinski definition) is 2. The number of benzene rings is 1. The Morgan fingerprint density at radius 1 is 1.19 bits per heavy atom. The number of para-hydroxylation sites is 1. The molecular formula is C20H21N5O2. The molecule has 7 heteroatoms. The van der Waals surface area contributed by atoms with Crippen molar-refractivity contribution < 1.29 is 4.74 Å². The maximum Gasteiger partial charge on any atom is 0.273 e. The molecule has 0 aliphatic carbocycles. The van der Waals surface area contributed by atoms with Crippen molar-refractivity contribution in [1.82, 2.24) is 24.8 Å². The monoisotopic (exact) mass is 363 g/mol. The molecule has 3 aromatic heterocycles. The maximum absolute atomic E-state index is 12.7. The minimum absolute atomic E-state index is 0.181. The summed E-state index contributed by atoms with van der Waals surface area (Å²) < 4.78 is 6.92. The van der Waals surface area contributed by atoms with Crippen LogP contribution in [0.25, 0.3) is 28.3 Å². The predicted octanol–water partition coefficient (Wildman–Crippen LogP) is 3.27. The third kappa shape index (κ3) is 2.63. The molecule has 0 saturated heterocycles. The van der Waals surface area contributed by atoms with Gasteiger partial charge in [-0.3, -0.25) is 15.0 Å². The molecule has 138 valence electrons. The molecule has 0 fully saturated rings. The van der Waals surface area contributed by atoms with Crippen LogP contribution in [-0.2, 0) is 6.42 Å². The molecule has 0 bridgehead atoms. The smallest absolute Gasteiger partial charge is 0.273 e. The summed E-state index contributed by atoms with van der Waals surface area (Å²) in [6, 6.07) is 9.20. The second-order valence-electron chi connectivity index (χ2n) is 6.48. The van der Waals surface area contributed by atoms with E-state index in [4.69, 9.17) is 9.72 Å². The van der Waals surface area contributed by atoms with E-state index in [0.29, 0.717) is 17.0 Å². The Bertz CT molecular complexity index is 1200. The topological polar surface area (TPSA) is 88.1 Å². The number of methoxy groups -OCH3 is 1. The van der Waals surface area contributed by atoms with Crippen LogP contribution >= 0.6 is 0 Å². The van der Waals surface area contributed by atoms with Gasteiger partial charge in [0, 0.05) is 22.9 Å². The molecule has 0 atom stereocenters. The lowest BCUT2D eigenvalue weighted by atomic mass is 10.1. The first kappa shape index (κ1) is 17.1. The number of hydrogen-bond acceptors (Lipinski definition) is 4. The lowest BCUT2D eigenvalue weighted by Gasteiger charge is -2.06. The van der Waals surface area contributed by atoms with E-state index < -0.39 is 0 Å². The van der Waals surface area contributed by atoms with Crippen molar-refractivity contribution in [2.75, 3.05) is 7.11 Å². The van der Waals surface area contributed by atoms with E-state index in [-0.39, 0.29) is 5.56 Å². The van der Waals surface area contributed by atoms with Crippen LogP contribution in [0.1, 0.15) is 23.7 Å². The van der Waals surface area contributed by atoms with E-state index >= 15 is 0 Å². The number of aromatic amines is 2. The SMILES string of the molecule is CCc1[nH]nc(-c2cc(=O)n3[nH]c(-c4ccccc4OC)c(C)c3n2)c1C. The predicted molar refractivity (Wildman–Crippen MR) is 104 cm³/mol. The van der Waals surface area contributed by atoms with Gasteiger partial charge in [0.1, 0.15) is 11.4 Å². The fraction of sp³-hybridized carbons (Fsp3) is 0.250. The number of nitrogens with one attached hydrogen (secondary N) is 2. The zero-order chi connectivity index (χ0) is 19.1. The van der Waals surface area contributed by atoms with Crippen molar-refractivity contribution in [3.8, 4) is 28.4 Å². The summed E-state index contributed by atoms with van der Waals surface area (Å²) in [6.45, 7) is 6.00. The van der Waals surface area contributed by atoms with Crippen LogP contribution in [0.5, 0.6) is 5.75 Å². The van der Waals surface area contributed by atoms with Crippen molar-refractivity contribution in [2.45, 2.75) is 27.2 Å². The van der Waals surface area contributed by atoms with Gasteiger partial charge in [-0.2, -0.15) is 5.10 Å². The molecule has 4 aromatic rings. The van der Waals surface area contributed by atoms with Crippen molar-refractivity contribution in [1.29, 1.82) is 0 Å². The number of aromatic nitrogens is 5. The first-order valence-corrected chi connectivity index (χ1v) is 8.85. The highest BCUT2D eigenvalue weighted by atomic mass is 16.5. The Hall–Kier alpha value is -3.35. The summed E-state index contributed by atoms with van der Waals surface area (Å²) in [5.74, 6) is 0.733. The summed E-state index contributed by atoms with van der Waals surface area (Å²) in [5, 5.41) is 10.6. The minimum Gasteiger partial charge on any atom is -0.496 e. The molecule has 3 heterocycles. The van der Waals surface area contributed by atoms with E-state index in [2.05, 4.69) is 22.2 Å². The van der Waals surface area contributed by atoms with Crippen LogP contribution in [0.3, 0.4) is 0 Å². The third-order valence-corrected chi connectivity index (χ3v) is 4.94. The normalized spacial score (nSPS) is 11.3. The Morgan fingerprint density at radius 2 is 1.96 bits per heavy atom. The molecule has 4 rings (SSSR count). The number of H-pyrrole nitrogens is 2. The molecule has 0 unspecified atom stereocenters. The fourth-order valence-corrected chi connectivity index (χ4v) is 3.41. The van der Waals surface area contributed by atoms with E-state index in [9.17, 15) is 4.79 Å². The molecule has 0 saturated carbocycles. The van der Waals surface area contributed by atoms with Gasteiger partial charge in [0.05, 0.1) is 18.5 Å². The fourth-order valence-electron chi connectivity index (χ4n) is 3.41. The van der Waals surface area contributed by atoms with Gasteiger partial charge in [-0.15, -0.1) is 0 Å². The van der Waals surface area contributed by atoms with Crippen molar-refractivity contribution in [3.05, 3.63) is 57.5 Å². The molecule has 0 spiro atoms. The van der Waals surface area contributed by atoms with Gasteiger partial charge in [0.15, 0.2) is 5.65 Å². The van der Waals surface area contributed by atoms with Crippen LogP contribution < -0.4 is 10.3 Å². The quantitative estimate of drug-likeness (QED) is 0.582. The molecule has 7 nitrogen and oxygen atoms in total. The average molecular weight is 363 g/mol. The maximum atomic E-state index is 12.7. The summed E-state index contributed by atoms with van der Waals surface area (Å²) in [4.78, 5) is 17.5. The minimum atomic E-state index is -0.181. The molecule has 0 amide bonds. The molecule has 0 aliphatic rings. The van der Waals surface area contributed by atoms with Gasteiger partial charge in [0.2, 0.25) is 0 Å².